The van der Waals surface area contributed by atoms with E-state index in [4.69, 9.17) is 9.73 Å². The molecule has 1 atom stereocenters. The molecule has 0 radical (unpaired) electrons. The van der Waals surface area contributed by atoms with Gasteiger partial charge < -0.3 is 15.4 Å². The lowest BCUT2D eigenvalue weighted by molar-refractivity contribution is 0.0646. The summed E-state index contributed by atoms with van der Waals surface area (Å²) in [5, 5.41) is 10.9. The molecule has 7 nitrogen and oxygen atoms in total. The van der Waals surface area contributed by atoms with Crippen molar-refractivity contribution < 1.29 is 4.74 Å². The molecule has 2 N–H and O–H groups in total. The fraction of sp³-hybridized carbons (Fsp3) is 0.375. The highest BCUT2D eigenvalue weighted by Crippen LogP contribution is 2.15. The second-order valence-corrected chi connectivity index (χ2v) is 7.31. The van der Waals surface area contributed by atoms with E-state index in [0.29, 0.717) is 19.7 Å². The fourth-order valence-electron chi connectivity index (χ4n) is 3.20. The predicted molar refractivity (Wildman–Crippen MR) is 139 cm³/mol. The lowest BCUT2D eigenvalue weighted by atomic mass is 10.1. The number of hydrogen-bond donors (Lipinski definition) is 2. The van der Waals surface area contributed by atoms with E-state index < -0.39 is 0 Å². The summed E-state index contributed by atoms with van der Waals surface area (Å²) in [4.78, 5) is 8.71. The zero-order chi connectivity index (χ0) is 21.7. The van der Waals surface area contributed by atoms with Gasteiger partial charge in [0.15, 0.2) is 5.96 Å². The highest BCUT2D eigenvalue weighted by atomic mass is 127. The first-order chi connectivity index (χ1) is 15.2. The SMILES string of the molecule is CCNC(=NCc1cccc(Cn2cncn2)c1)NCCCOC(C)c1ccccc1.I. The second kappa shape index (κ2) is 14.6. The molecule has 0 aliphatic rings. The van der Waals surface area contributed by atoms with Crippen LogP contribution in [0.15, 0.2) is 72.2 Å². The van der Waals surface area contributed by atoms with Gasteiger partial charge in [-0.05, 0) is 37.0 Å². The summed E-state index contributed by atoms with van der Waals surface area (Å²) in [5.74, 6) is 0.820. The minimum atomic E-state index is 0. The Bertz CT molecular complexity index is 917. The van der Waals surface area contributed by atoms with E-state index in [0.717, 1.165) is 31.0 Å². The van der Waals surface area contributed by atoms with E-state index in [1.807, 2.05) is 22.9 Å². The third-order valence-corrected chi connectivity index (χ3v) is 4.82. The Kier molecular flexibility index (Phi) is 11.7. The molecule has 0 amide bonds. The molecule has 3 aromatic rings. The zero-order valence-electron chi connectivity index (χ0n) is 18.8. The predicted octanol–water partition coefficient (Wildman–Crippen LogP) is 4.17. The van der Waals surface area contributed by atoms with Gasteiger partial charge in [-0.3, -0.25) is 0 Å². The number of halogens is 1. The molecule has 3 rings (SSSR count). The average molecular weight is 548 g/mol. The van der Waals surface area contributed by atoms with Crippen LogP contribution in [-0.4, -0.2) is 40.4 Å². The Morgan fingerprint density at radius 3 is 2.66 bits per heavy atom. The minimum Gasteiger partial charge on any atom is -0.374 e. The van der Waals surface area contributed by atoms with Crippen LogP contribution >= 0.6 is 24.0 Å². The Hall–Kier alpha value is -2.46. The third-order valence-electron chi connectivity index (χ3n) is 4.82. The normalized spacial score (nSPS) is 12.1. The van der Waals surface area contributed by atoms with E-state index in [1.165, 1.54) is 11.1 Å². The number of ether oxygens (including phenoxy) is 1. The number of aliphatic imine (C=N–C) groups is 1. The van der Waals surface area contributed by atoms with Crippen molar-refractivity contribution in [2.24, 2.45) is 4.99 Å². The molecule has 1 heterocycles. The Labute approximate surface area is 207 Å². The van der Waals surface area contributed by atoms with Crippen LogP contribution in [0.1, 0.15) is 43.1 Å². The summed E-state index contributed by atoms with van der Waals surface area (Å²) < 4.78 is 7.76. The van der Waals surface area contributed by atoms with Crippen molar-refractivity contribution in [1.29, 1.82) is 0 Å². The second-order valence-electron chi connectivity index (χ2n) is 7.31. The third kappa shape index (κ3) is 8.96. The first kappa shape index (κ1) is 25.8. The molecule has 172 valence electrons. The lowest BCUT2D eigenvalue weighted by Gasteiger charge is -2.15. The Morgan fingerprint density at radius 1 is 1.09 bits per heavy atom. The first-order valence-electron chi connectivity index (χ1n) is 10.8. The summed E-state index contributed by atoms with van der Waals surface area (Å²) in [7, 11) is 0. The maximum Gasteiger partial charge on any atom is 0.191 e. The van der Waals surface area contributed by atoms with Crippen LogP contribution in [0.4, 0.5) is 0 Å². The molecule has 0 spiro atoms. The summed E-state index contributed by atoms with van der Waals surface area (Å²) in [5.41, 5.74) is 3.55. The maximum atomic E-state index is 5.94. The van der Waals surface area contributed by atoms with Crippen molar-refractivity contribution >= 4 is 29.9 Å². The van der Waals surface area contributed by atoms with Gasteiger partial charge in [0, 0.05) is 19.7 Å². The van der Waals surface area contributed by atoms with E-state index in [2.05, 4.69) is 71.0 Å². The van der Waals surface area contributed by atoms with E-state index in [9.17, 15) is 0 Å². The van der Waals surface area contributed by atoms with Gasteiger partial charge in [0.2, 0.25) is 0 Å². The maximum absolute atomic E-state index is 5.94. The standard InChI is InChI=1S/C24H32N6O.HI/c1-3-26-24(27-13-8-14-31-20(2)23-11-5-4-6-12-23)28-16-21-9-7-10-22(15-21)17-30-19-25-18-29-30;/h4-7,9-12,15,18-20H,3,8,13-14,16-17H2,1-2H3,(H2,26,27,28);1H. The summed E-state index contributed by atoms with van der Waals surface area (Å²) >= 11 is 0. The highest BCUT2D eigenvalue weighted by Gasteiger charge is 2.05. The van der Waals surface area contributed by atoms with Crippen molar-refractivity contribution in [2.75, 3.05) is 19.7 Å². The molecule has 1 aromatic heterocycles. The van der Waals surface area contributed by atoms with E-state index in [1.54, 1.807) is 12.7 Å². The van der Waals surface area contributed by atoms with Crippen LogP contribution in [0.25, 0.3) is 0 Å². The van der Waals surface area contributed by atoms with Gasteiger partial charge in [0.05, 0.1) is 19.2 Å². The number of nitrogens with zero attached hydrogens (tertiary/aromatic N) is 4. The van der Waals surface area contributed by atoms with Crippen LogP contribution in [0.2, 0.25) is 0 Å². The molecule has 0 saturated carbocycles. The molecule has 0 bridgehead atoms. The molecule has 0 saturated heterocycles. The molecular formula is C24H33IN6O. The van der Waals surface area contributed by atoms with Gasteiger partial charge >= 0.3 is 0 Å². The highest BCUT2D eigenvalue weighted by molar-refractivity contribution is 14.0. The Morgan fingerprint density at radius 2 is 1.91 bits per heavy atom. The van der Waals surface area contributed by atoms with Gasteiger partial charge in [-0.15, -0.1) is 24.0 Å². The van der Waals surface area contributed by atoms with Crippen LogP contribution in [0.3, 0.4) is 0 Å². The molecule has 32 heavy (non-hydrogen) atoms. The van der Waals surface area contributed by atoms with Crippen LogP contribution in [0.5, 0.6) is 0 Å². The number of rotatable bonds is 11. The van der Waals surface area contributed by atoms with Crippen molar-refractivity contribution in [1.82, 2.24) is 25.4 Å². The first-order valence-corrected chi connectivity index (χ1v) is 10.8. The molecular weight excluding hydrogens is 515 g/mol. The smallest absolute Gasteiger partial charge is 0.191 e. The van der Waals surface area contributed by atoms with Crippen molar-refractivity contribution in [3.8, 4) is 0 Å². The number of nitrogens with one attached hydrogen (secondary N) is 2. The molecule has 0 fully saturated rings. The van der Waals surface area contributed by atoms with Gasteiger partial charge in [0.1, 0.15) is 12.7 Å². The Balaban J connectivity index is 0.00000363. The largest absolute Gasteiger partial charge is 0.374 e. The van der Waals surface area contributed by atoms with Crippen molar-refractivity contribution in [3.63, 3.8) is 0 Å². The molecule has 2 aromatic carbocycles. The van der Waals surface area contributed by atoms with Gasteiger partial charge in [-0.25, -0.2) is 14.7 Å². The molecule has 8 heteroatoms. The molecule has 0 aliphatic carbocycles. The molecule has 1 unspecified atom stereocenters. The van der Waals surface area contributed by atoms with Gasteiger partial charge in [-0.1, -0.05) is 54.6 Å². The van der Waals surface area contributed by atoms with Crippen LogP contribution < -0.4 is 10.6 Å². The van der Waals surface area contributed by atoms with Crippen LogP contribution in [0, 0.1) is 0 Å². The van der Waals surface area contributed by atoms with Gasteiger partial charge in [0.25, 0.3) is 0 Å². The van der Waals surface area contributed by atoms with Gasteiger partial charge in [-0.2, -0.15) is 5.10 Å². The zero-order valence-corrected chi connectivity index (χ0v) is 21.1. The summed E-state index contributed by atoms with van der Waals surface area (Å²) in [6.07, 6.45) is 4.29. The van der Waals surface area contributed by atoms with Crippen LogP contribution in [-0.2, 0) is 17.8 Å². The van der Waals surface area contributed by atoms with Crippen molar-refractivity contribution in [3.05, 3.63) is 83.9 Å². The molecule has 0 aliphatic heterocycles. The number of hydrogen-bond acceptors (Lipinski definition) is 4. The summed E-state index contributed by atoms with van der Waals surface area (Å²) in [6.45, 7) is 7.80. The van der Waals surface area contributed by atoms with E-state index in [-0.39, 0.29) is 30.1 Å². The average Bonchev–Trinajstić information content (AvgIpc) is 3.31. The fourth-order valence-corrected chi connectivity index (χ4v) is 3.20. The van der Waals surface area contributed by atoms with Crippen molar-refractivity contribution in [2.45, 2.75) is 39.5 Å². The minimum absolute atomic E-state index is 0. The lowest BCUT2D eigenvalue weighted by Crippen LogP contribution is -2.38. The quantitative estimate of drug-likeness (QED) is 0.163. The number of aromatic nitrogens is 3. The summed E-state index contributed by atoms with van der Waals surface area (Å²) in [6, 6.07) is 18.7. The monoisotopic (exact) mass is 548 g/mol. The van der Waals surface area contributed by atoms with E-state index >= 15 is 0 Å². The number of guanidine groups is 1. The number of benzene rings is 2. The topological polar surface area (TPSA) is 76.4 Å².